The molecular formula is C23H32FN3O3. The van der Waals surface area contributed by atoms with Crippen molar-refractivity contribution in [2.45, 2.75) is 57.9 Å². The molecule has 1 aromatic rings. The molecule has 0 unspecified atom stereocenters. The molecule has 0 aromatic heterocycles. The molecule has 0 spiro atoms. The molecule has 2 aliphatic rings. The van der Waals surface area contributed by atoms with Gasteiger partial charge in [-0.3, -0.25) is 14.4 Å². The van der Waals surface area contributed by atoms with Crippen molar-refractivity contribution >= 4 is 17.7 Å². The maximum atomic E-state index is 13.2. The summed E-state index contributed by atoms with van der Waals surface area (Å²) in [6, 6.07) is 4.61. The lowest BCUT2D eigenvalue weighted by molar-refractivity contribution is -0.137. The van der Waals surface area contributed by atoms with Crippen LogP contribution in [0.25, 0.3) is 0 Å². The number of benzene rings is 1. The average molecular weight is 418 g/mol. The molecule has 0 bridgehead atoms. The Bertz CT molecular complexity index is 739. The number of carbonyl (C=O) groups excluding carboxylic acids is 3. The van der Waals surface area contributed by atoms with Gasteiger partial charge in [-0.05, 0) is 62.3 Å². The normalized spacial score (nSPS) is 18.8. The second-order valence-corrected chi connectivity index (χ2v) is 8.39. The van der Waals surface area contributed by atoms with Crippen LogP contribution < -0.4 is 10.6 Å². The number of halogens is 1. The van der Waals surface area contributed by atoms with Gasteiger partial charge in [-0.25, -0.2) is 4.39 Å². The van der Waals surface area contributed by atoms with Crippen molar-refractivity contribution in [3.8, 4) is 0 Å². The third-order valence-corrected chi connectivity index (χ3v) is 6.25. The maximum Gasteiger partial charge on any atom is 0.251 e. The molecule has 1 aliphatic carbocycles. The van der Waals surface area contributed by atoms with Crippen molar-refractivity contribution in [3.05, 3.63) is 35.6 Å². The predicted molar refractivity (Wildman–Crippen MR) is 112 cm³/mol. The van der Waals surface area contributed by atoms with Gasteiger partial charge < -0.3 is 15.5 Å². The molecule has 1 heterocycles. The van der Waals surface area contributed by atoms with Crippen LogP contribution in [-0.2, 0) is 9.59 Å². The van der Waals surface area contributed by atoms with E-state index in [0.29, 0.717) is 38.0 Å². The van der Waals surface area contributed by atoms with E-state index < -0.39 is 17.8 Å². The van der Waals surface area contributed by atoms with E-state index in [1.165, 1.54) is 24.3 Å². The van der Waals surface area contributed by atoms with Gasteiger partial charge in [0.05, 0.1) is 0 Å². The fourth-order valence-electron chi connectivity index (χ4n) is 4.47. The van der Waals surface area contributed by atoms with Crippen molar-refractivity contribution in [2.75, 3.05) is 19.6 Å². The topological polar surface area (TPSA) is 78.5 Å². The summed E-state index contributed by atoms with van der Waals surface area (Å²) < 4.78 is 13.2. The van der Waals surface area contributed by atoms with E-state index in [1.807, 2.05) is 11.8 Å². The molecule has 2 N–H and O–H groups in total. The van der Waals surface area contributed by atoms with Crippen molar-refractivity contribution < 1.29 is 18.8 Å². The van der Waals surface area contributed by atoms with Crippen LogP contribution in [0.15, 0.2) is 24.3 Å². The number of likely N-dealkylation sites (tertiary alicyclic amines) is 1. The molecule has 1 aliphatic heterocycles. The minimum Gasteiger partial charge on any atom is -0.354 e. The molecule has 30 heavy (non-hydrogen) atoms. The predicted octanol–water partition coefficient (Wildman–Crippen LogP) is 2.88. The summed E-state index contributed by atoms with van der Waals surface area (Å²) in [5, 5.41) is 5.73. The smallest absolute Gasteiger partial charge is 0.251 e. The van der Waals surface area contributed by atoms with Gasteiger partial charge >= 0.3 is 0 Å². The summed E-state index contributed by atoms with van der Waals surface area (Å²) >= 11 is 0. The highest BCUT2D eigenvalue weighted by Gasteiger charge is 2.35. The van der Waals surface area contributed by atoms with Crippen LogP contribution in [-0.4, -0.2) is 48.3 Å². The summed E-state index contributed by atoms with van der Waals surface area (Å²) in [6.45, 7) is 3.74. The Morgan fingerprint density at radius 1 is 1.07 bits per heavy atom. The molecule has 6 nitrogen and oxygen atoms in total. The van der Waals surface area contributed by atoms with E-state index in [0.717, 1.165) is 32.1 Å². The van der Waals surface area contributed by atoms with E-state index >= 15 is 0 Å². The number of hydrogen-bond acceptors (Lipinski definition) is 3. The Kier molecular flexibility index (Phi) is 7.82. The zero-order chi connectivity index (χ0) is 21.5. The zero-order valence-electron chi connectivity index (χ0n) is 17.7. The largest absolute Gasteiger partial charge is 0.354 e. The van der Waals surface area contributed by atoms with Gasteiger partial charge in [0.25, 0.3) is 5.91 Å². The second-order valence-electron chi connectivity index (χ2n) is 8.39. The first-order chi connectivity index (χ1) is 14.5. The summed E-state index contributed by atoms with van der Waals surface area (Å²) in [7, 11) is 0. The van der Waals surface area contributed by atoms with Crippen LogP contribution in [0.3, 0.4) is 0 Å². The van der Waals surface area contributed by atoms with E-state index in [9.17, 15) is 18.8 Å². The third-order valence-electron chi connectivity index (χ3n) is 6.25. The highest BCUT2D eigenvalue weighted by Crippen LogP contribution is 2.29. The summed E-state index contributed by atoms with van der Waals surface area (Å²) in [5.41, 5.74) is 0.318. The molecule has 3 amide bonds. The molecule has 1 saturated carbocycles. The fourth-order valence-corrected chi connectivity index (χ4v) is 4.47. The molecule has 164 valence electrons. The molecule has 7 heteroatoms. The van der Waals surface area contributed by atoms with Crippen molar-refractivity contribution in [1.29, 1.82) is 0 Å². The van der Waals surface area contributed by atoms with Crippen LogP contribution in [0.4, 0.5) is 4.39 Å². The van der Waals surface area contributed by atoms with Crippen LogP contribution in [0, 0.1) is 17.7 Å². The number of carbonyl (C=O) groups is 3. The van der Waals surface area contributed by atoms with Crippen LogP contribution in [0.2, 0.25) is 0 Å². The van der Waals surface area contributed by atoms with E-state index in [1.54, 1.807) is 0 Å². The number of rotatable bonds is 7. The lowest BCUT2D eigenvalue weighted by Crippen LogP contribution is -2.54. The first-order valence-electron chi connectivity index (χ1n) is 11.1. The molecule has 2 fully saturated rings. The first-order valence-corrected chi connectivity index (χ1v) is 11.1. The van der Waals surface area contributed by atoms with E-state index in [-0.39, 0.29) is 23.7 Å². The first kappa shape index (κ1) is 22.2. The highest BCUT2D eigenvalue weighted by atomic mass is 19.1. The van der Waals surface area contributed by atoms with Gasteiger partial charge in [-0.15, -0.1) is 0 Å². The van der Waals surface area contributed by atoms with E-state index in [4.69, 9.17) is 0 Å². The van der Waals surface area contributed by atoms with Crippen molar-refractivity contribution in [2.24, 2.45) is 11.8 Å². The Morgan fingerprint density at radius 3 is 2.30 bits per heavy atom. The van der Waals surface area contributed by atoms with Gasteiger partial charge in [0.15, 0.2) is 0 Å². The van der Waals surface area contributed by atoms with Gasteiger partial charge in [0, 0.05) is 31.1 Å². The Morgan fingerprint density at radius 2 is 1.70 bits per heavy atom. The number of nitrogens with one attached hydrogen (secondary N) is 2. The lowest BCUT2D eigenvalue weighted by Gasteiger charge is -2.36. The van der Waals surface area contributed by atoms with Gasteiger partial charge in [0.1, 0.15) is 11.9 Å². The number of amides is 3. The monoisotopic (exact) mass is 417 g/mol. The standard InChI is InChI=1S/C23H32FN3O3/c1-2-13-25-22(29)20(26-21(28)17-7-9-19(24)10-8-17)16-11-14-27(15-12-16)23(30)18-5-3-4-6-18/h7-10,16,18,20H,2-6,11-15H2,1H3,(H,25,29)(H,26,28)/t20-/m1/s1. The lowest BCUT2D eigenvalue weighted by atomic mass is 9.87. The van der Waals surface area contributed by atoms with Gasteiger partial charge in [0.2, 0.25) is 11.8 Å². The number of nitrogens with zero attached hydrogens (tertiary/aromatic N) is 1. The molecule has 1 aromatic carbocycles. The van der Waals surface area contributed by atoms with Crippen LogP contribution in [0.1, 0.15) is 62.2 Å². The summed E-state index contributed by atoms with van der Waals surface area (Å²) in [4.78, 5) is 40.1. The number of hydrogen-bond donors (Lipinski definition) is 2. The third kappa shape index (κ3) is 5.58. The van der Waals surface area contributed by atoms with E-state index in [2.05, 4.69) is 10.6 Å². The molecule has 1 atom stereocenters. The Labute approximate surface area is 177 Å². The SMILES string of the molecule is CCCNC(=O)[C@H](NC(=O)c1ccc(F)cc1)C1CCN(C(=O)C2CCCC2)CC1. The molecular weight excluding hydrogens is 385 g/mol. The Hall–Kier alpha value is -2.44. The minimum atomic E-state index is -0.669. The summed E-state index contributed by atoms with van der Waals surface area (Å²) in [6.07, 6.45) is 6.37. The minimum absolute atomic E-state index is 0.0427. The quantitative estimate of drug-likeness (QED) is 0.716. The zero-order valence-corrected chi connectivity index (χ0v) is 17.7. The maximum absolute atomic E-state index is 13.2. The average Bonchev–Trinajstić information content (AvgIpc) is 3.31. The molecule has 1 saturated heterocycles. The number of piperidine rings is 1. The fraction of sp³-hybridized carbons (Fsp3) is 0.609. The van der Waals surface area contributed by atoms with Crippen molar-refractivity contribution in [1.82, 2.24) is 15.5 Å². The van der Waals surface area contributed by atoms with Crippen LogP contribution >= 0.6 is 0 Å². The highest BCUT2D eigenvalue weighted by molar-refractivity contribution is 5.97. The van der Waals surface area contributed by atoms with Gasteiger partial charge in [-0.1, -0.05) is 19.8 Å². The van der Waals surface area contributed by atoms with Crippen molar-refractivity contribution in [3.63, 3.8) is 0 Å². The van der Waals surface area contributed by atoms with Crippen LogP contribution in [0.5, 0.6) is 0 Å². The Balaban J connectivity index is 1.63. The molecule has 0 radical (unpaired) electrons. The summed E-state index contributed by atoms with van der Waals surface area (Å²) in [5.74, 6) is -0.650. The molecule has 3 rings (SSSR count). The second kappa shape index (κ2) is 10.5. The van der Waals surface area contributed by atoms with Gasteiger partial charge in [-0.2, -0.15) is 0 Å².